The monoisotopic (exact) mass is 452 g/mol. The summed E-state index contributed by atoms with van der Waals surface area (Å²) >= 11 is 0. The van der Waals surface area contributed by atoms with Crippen LogP contribution in [0, 0.1) is 23.2 Å². The Labute approximate surface area is 196 Å². The molecule has 1 aliphatic rings. The summed E-state index contributed by atoms with van der Waals surface area (Å²) in [6.45, 7) is 9.08. The van der Waals surface area contributed by atoms with Crippen molar-refractivity contribution in [3.63, 3.8) is 0 Å². The van der Waals surface area contributed by atoms with E-state index in [9.17, 15) is 15.2 Å². The quantitative estimate of drug-likeness (QED) is 0.621. The zero-order chi connectivity index (χ0) is 24.2. The van der Waals surface area contributed by atoms with E-state index < -0.39 is 11.5 Å². The maximum atomic E-state index is 13.0. The number of carbonyl (C=O) groups excluding carboxylic acids is 1. The summed E-state index contributed by atoms with van der Waals surface area (Å²) in [5.74, 6) is 1.31. The molecule has 1 aromatic heterocycles. The van der Waals surface area contributed by atoms with Crippen molar-refractivity contribution in [2.24, 2.45) is 11.8 Å². The standard InChI is InChI=1S/C26H36N4O3/c1-6-30-24(20-8-7-19(13-17(2)3)14-22(20)33-5)21(15-27)23(29-30)25(31)28-16-26(32)11-9-18(4)10-12-26/h7-8,14,17-18,32H,6,9-13,16H2,1-5H3,(H,28,31). The van der Waals surface area contributed by atoms with Crippen LogP contribution in [0.4, 0.5) is 0 Å². The van der Waals surface area contributed by atoms with Crippen LogP contribution in [0.1, 0.15) is 75.0 Å². The number of aryl methyl sites for hydroxylation is 1. The summed E-state index contributed by atoms with van der Waals surface area (Å²) in [4.78, 5) is 13.0. The van der Waals surface area contributed by atoms with E-state index in [1.807, 2.05) is 25.1 Å². The van der Waals surface area contributed by atoms with Crippen LogP contribution in [0.25, 0.3) is 11.3 Å². The molecule has 7 heteroatoms. The molecule has 1 aliphatic carbocycles. The molecule has 33 heavy (non-hydrogen) atoms. The lowest BCUT2D eigenvalue weighted by atomic mass is 9.79. The lowest BCUT2D eigenvalue weighted by Gasteiger charge is -2.34. The van der Waals surface area contributed by atoms with Crippen LogP contribution in [-0.4, -0.2) is 40.0 Å². The lowest BCUT2D eigenvalue weighted by molar-refractivity contribution is -0.00544. The molecule has 0 bridgehead atoms. The molecule has 2 aromatic rings. The smallest absolute Gasteiger partial charge is 0.273 e. The summed E-state index contributed by atoms with van der Waals surface area (Å²) < 4.78 is 7.33. The van der Waals surface area contributed by atoms with Crippen LogP contribution >= 0.6 is 0 Å². The maximum absolute atomic E-state index is 13.0. The number of nitriles is 1. The molecule has 2 N–H and O–H groups in total. The largest absolute Gasteiger partial charge is 0.496 e. The summed E-state index contributed by atoms with van der Waals surface area (Å²) in [6.07, 6.45) is 4.13. The van der Waals surface area contributed by atoms with Gasteiger partial charge in [-0.3, -0.25) is 9.48 Å². The number of carbonyl (C=O) groups is 1. The number of hydrogen-bond acceptors (Lipinski definition) is 5. The number of hydrogen-bond donors (Lipinski definition) is 2. The van der Waals surface area contributed by atoms with Crippen molar-refractivity contribution >= 4 is 5.91 Å². The molecule has 1 amide bonds. The number of rotatable bonds is 8. The Morgan fingerprint density at radius 2 is 2.09 bits per heavy atom. The third-order valence-corrected chi connectivity index (χ3v) is 6.53. The first-order chi connectivity index (χ1) is 15.7. The molecule has 1 fully saturated rings. The predicted octanol–water partition coefficient (Wildman–Crippen LogP) is 4.32. The van der Waals surface area contributed by atoms with Gasteiger partial charge in [0.15, 0.2) is 5.69 Å². The number of nitrogens with one attached hydrogen (secondary N) is 1. The van der Waals surface area contributed by atoms with E-state index in [1.54, 1.807) is 11.8 Å². The van der Waals surface area contributed by atoms with Crippen LogP contribution in [-0.2, 0) is 13.0 Å². The number of nitrogens with zero attached hydrogens (tertiary/aromatic N) is 3. The maximum Gasteiger partial charge on any atom is 0.273 e. The van der Waals surface area contributed by atoms with Gasteiger partial charge >= 0.3 is 0 Å². The number of benzene rings is 1. The second-order valence-corrected chi connectivity index (χ2v) is 9.72. The van der Waals surface area contributed by atoms with Crippen molar-refractivity contribution in [1.82, 2.24) is 15.1 Å². The van der Waals surface area contributed by atoms with E-state index in [1.165, 1.54) is 0 Å². The molecule has 0 radical (unpaired) electrons. The van der Waals surface area contributed by atoms with Crippen molar-refractivity contribution in [1.29, 1.82) is 5.26 Å². The fourth-order valence-corrected chi connectivity index (χ4v) is 4.56. The molecule has 178 valence electrons. The number of methoxy groups -OCH3 is 1. The van der Waals surface area contributed by atoms with E-state index >= 15 is 0 Å². The highest BCUT2D eigenvalue weighted by Crippen LogP contribution is 2.35. The fraction of sp³-hybridized carbons (Fsp3) is 0.577. The molecule has 1 aromatic carbocycles. The van der Waals surface area contributed by atoms with Crippen LogP contribution in [0.15, 0.2) is 18.2 Å². The number of ether oxygens (including phenoxy) is 1. The Hall–Kier alpha value is -2.85. The van der Waals surface area contributed by atoms with Gasteiger partial charge in [-0.25, -0.2) is 0 Å². The SMILES string of the molecule is CCn1nc(C(=O)NCC2(O)CCC(C)CC2)c(C#N)c1-c1ccc(CC(C)C)cc1OC. The Bertz CT molecular complexity index is 1030. The first kappa shape index (κ1) is 24.8. The minimum absolute atomic E-state index is 0.0791. The van der Waals surface area contributed by atoms with Crippen molar-refractivity contribution in [3.05, 3.63) is 35.0 Å². The average molecular weight is 453 g/mol. The molecule has 3 rings (SSSR count). The van der Waals surface area contributed by atoms with Crippen molar-refractivity contribution in [2.75, 3.05) is 13.7 Å². The minimum atomic E-state index is -0.902. The van der Waals surface area contributed by atoms with E-state index in [0.717, 1.165) is 30.4 Å². The molecule has 0 atom stereocenters. The molecule has 1 saturated carbocycles. The van der Waals surface area contributed by atoms with Gasteiger partial charge in [0, 0.05) is 18.7 Å². The first-order valence-electron chi connectivity index (χ1n) is 11.9. The van der Waals surface area contributed by atoms with Gasteiger partial charge in [0.1, 0.15) is 17.4 Å². The van der Waals surface area contributed by atoms with Gasteiger partial charge in [-0.15, -0.1) is 0 Å². The van der Waals surface area contributed by atoms with E-state index in [-0.39, 0.29) is 17.8 Å². The fourth-order valence-electron chi connectivity index (χ4n) is 4.56. The van der Waals surface area contributed by atoms with E-state index in [2.05, 4.69) is 37.3 Å². The van der Waals surface area contributed by atoms with Gasteiger partial charge in [-0.05, 0) is 68.6 Å². The Morgan fingerprint density at radius 1 is 1.39 bits per heavy atom. The second-order valence-electron chi connectivity index (χ2n) is 9.72. The summed E-state index contributed by atoms with van der Waals surface area (Å²) in [5, 5.41) is 28.1. The summed E-state index contributed by atoms with van der Waals surface area (Å²) in [7, 11) is 1.61. The zero-order valence-corrected chi connectivity index (χ0v) is 20.4. The topological polar surface area (TPSA) is 100 Å². The molecule has 7 nitrogen and oxygen atoms in total. The summed E-state index contributed by atoms with van der Waals surface area (Å²) in [5.41, 5.74) is 1.85. The minimum Gasteiger partial charge on any atom is -0.496 e. The van der Waals surface area contributed by atoms with Gasteiger partial charge < -0.3 is 15.2 Å². The van der Waals surface area contributed by atoms with Gasteiger partial charge in [-0.1, -0.05) is 26.8 Å². The van der Waals surface area contributed by atoms with Crippen LogP contribution in [0.2, 0.25) is 0 Å². The van der Waals surface area contributed by atoms with Gasteiger partial charge in [0.05, 0.1) is 18.4 Å². The molecule has 1 heterocycles. The van der Waals surface area contributed by atoms with Crippen LogP contribution < -0.4 is 10.1 Å². The molecule has 0 unspecified atom stereocenters. The lowest BCUT2D eigenvalue weighted by Crippen LogP contribution is -2.45. The predicted molar refractivity (Wildman–Crippen MR) is 128 cm³/mol. The normalized spacial score (nSPS) is 20.5. The van der Waals surface area contributed by atoms with Crippen molar-refractivity contribution in [2.45, 2.75) is 71.9 Å². The first-order valence-corrected chi connectivity index (χ1v) is 11.9. The van der Waals surface area contributed by atoms with Gasteiger partial charge in [0.25, 0.3) is 5.91 Å². The molecular formula is C26H36N4O3. The Morgan fingerprint density at radius 3 is 2.67 bits per heavy atom. The summed E-state index contributed by atoms with van der Waals surface area (Å²) in [6, 6.07) is 8.15. The van der Waals surface area contributed by atoms with E-state index in [0.29, 0.717) is 42.7 Å². The van der Waals surface area contributed by atoms with Crippen molar-refractivity contribution in [3.8, 4) is 23.1 Å². The molecule has 0 spiro atoms. The highest BCUT2D eigenvalue weighted by atomic mass is 16.5. The third kappa shape index (κ3) is 5.56. The number of aliphatic hydroxyl groups is 1. The second kappa shape index (κ2) is 10.4. The molecule has 0 aliphatic heterocycles. The highest BCUT2D eigenvalue weighted by Gasteiger charge is 2.33. The Kier molecular flexibility index (Phi) is 7.80. The van der Waals surface area contributed by atoms with E-state index in [4.69, 9.17) is 4.74 Å². The number of amides is 1. The number of aromatic nitrogens is 2. The van der Waals surface area contributed by atoms with Gasteiger partial charge in [0.2, 0.25) is 0 Å². The van der Waals surface area contributed by atoms with Crippen molar-refractivity contribution < 1.29 is 14.6 Å². The van der Waals surface area contributed by atoms with Crippen LogP contribution in [0.3, 0.4) is 0 Å². The average Bonchev–Trinajstić information content (AvgIpc) is 3.18. The molecule has 0 saturated heterocycles. The van der Waals surface area contributed by atoms with Crippen LogP contribution in [0.5, 0.6) is 5.75 Å². The third-order valence-electron chi connectivity index (χ3n) is 6.53. The van der Waals surface area contributed by atoms with Gasteiger partial charge in [-0.2, -0.15) is 10.4 Å². The Balaban J connectivity index is 1.92. The zero-order valence-electron chi connectivity index (χ0n) is 20.4. The highest BCUT2D eigenvalue weighted by molar-refractivity contribution is 5.97. The molecular weight excluding hydrogens is 416 g/mol.